The van der Waals surface area contributed by atoms with Crippen LogP contribution in [0.1, 0.15) is 12.8 Å². The van der Waals surface area contributed by atoms with E-state index in [-0.39, 0.29) is 0 Å². The highest BCUT2D eigenvalue weighted by molar-refractivity contribution is 5.79. The van der Waals surface area contributed by atoms with Crippen molar-refractivity contribution < 1.29 is 0 Å². The predicted octanol–water partition coefficient (Wildman–Crippen LogP) is 1.97. The van der Waals surface area contributed by atoms with E-state index in [1.165, 1.54) is 19.4 Å². The third-order valence-electron chi connectivity index (χ3n) is 3.88. The standard InChI is InChI=1S/C15H21N5/c1-20-8-4-5-11(10-20)9-17-15-14(16)18-12-6-2-3-7-13(12)19-15/h2-3,6-7,11H,4-5,8-10H2,1H3,(H2,16,18)(H,17,19). The van der Waals surface area contributed by atoms with Crippen LogP contribution in [0.2, 0.25) is 0 Å². The van der Waals surface area contributed by atoms with Gasteiger partial charge in [-0.1, -0.05) is 12.1 Å². The third kappa shape index (κ3) is 2.82. The van der Waals surface area contributed by atoms with Crippen LogP contribution in [0.5, 0.6) is 0 Å². The van der Waals surface area contributed by atoms with E-state index in [4.69, 9.17) is 5.73 Å². The van der Waals surface area contributed by atoms with Crippen molar-refractivity contribution in [2.24, 2.45) is 5.92 Å². The number of anilines is 2. The molecule has 0 bridgehead atoms. The second kappa shape index (κ2) is 5.63. The molecule has 0 spiro atoms. The van der Waals surface area contributed by atoms with Gasteiger partial charge in [0, 0.05) is 13.1 Å². The number of aromatic nitrogens is 2. The lowest BCUT2D eigenvalue weighted by molar-refractivity contribution is 0.217. The molecule has 0 radical (unpaired) electrons. The van der Waals surface area contributed by atoms with Gasteiger partial charge in [-0.25, -0.2) is 9.97 Å². The second-order valence-corrected chi connectivity index (χ2v) is 5.60. The van der Waals surface area contributed by atoms with E-state index in [0.717, 1.165) is 24.1 Å². The minimum absolute atomic E-state index is 0.480. The van der Waals surface area contributed by atoms with Crippen LogP contribution < -0.4 is 11.1 Å². The summed E-state index contributed by atoms with van der Waals surface area (Å²) in [5.74, 6) is 1.84. The number of nitrogens with two attached hydrogens (primary N) is 1. The van der Waals surface area contributed by atoms with Gasteiger partial charge in [-0.15, -0.1) is 0 Å². The molecule has 3 N–H and O–H groups in total. The number of fused-ring (bicyclic) bond motifs is 1. The van der Waals surface area contributed by atoms with Crippen molar-refractivity contribution in [2.45, 2.75) is 12.8 Å². The molecule has 1 atom stereocenters. The van der Waals surface area contributed by atoms with Gasteiger partial charge in [0.05, 0.1) is 11.0 Å². The molecule has 1 saturated heterocycles. The van der Waals surface area contributed by atoms with E-state index in [2.05, 4.69) is 27.2 Å². The van der Waals surface area contributed by atoms with Gasteiger partial charge in [-0.2, -0.15) is 0 Å². The van der Waals surface area contributed by atoms with Crippen LogP contribution in [0.4, 0.5) is 11.6 Å². The normalized spacial score (nSPS) is 20.1. The average Bonchev–Trinajstić information content (AvgIpc) is 2.45. The van der Waals surface area contributed by atoms with Gasteiger partial charge in [-0.3, -0.25) is 0 Å². The van der Waals surface area contributed by atoms with Crippen molar-refractivity contribution in [1.29, 1.82) is 0 Å². The summed E-state index contributed by atoms with van der Waals surface area (Å²) in [6, 6.07) is 7.80. The minimum Gasteiger partial charge on any atom is -0.381 e. The van der Waals surface area contributed by atoms with Gasteiger partial charge in [0.15, 0.2) is 11.6 Å². The number of hydrogen-bond donors (Lipinski definition) is 2. The van der Waals surface area contributed by atoms with E-state index in [1.54, 1.807) is 0 Å². The highest BCUT2D eigenvalue weighted by Gasteiger charge is 2.17. The fourth-order valence-electron chi connectivity index (χ4n) is 2.82. The Morgan fingerprint density at radius 3 is 2.80 bits per heavy atom. The molecule has 1 aliphatic heterocycles. The Labute approximate surface area is 119 Å². The van der Waals surface area contributed by atoms with Gasteiger partial charge >= 0.3 is 0 Å². The molecule has 0 amide bonds. The molecule has 0 saturated carbocycles. The first-order valence-corrected chi connectivity index (χ1v) is 7.17. The summed E-state index contributed by atoms with van der Waals surface area (Å²) >= 11 is 0. The Morgan fingerprint density at radius 2 is 2.05 bits per heavy atom. The number of hydrogen-bond acceptors (Lipinski definition) is 5. The van der Waals surface area contributed by atoms with Crippen LogP contribution in [0, 0.1) is 5.92 Å². The molecule has 106 valence electrons. The predicted molar refractivity (Wildman–Crippen MR) is 82.7 cm³/mol. The average molecular weight is 271 g/mol. The fraction of sp³-hybridized carbons (Fsp3) is 0.467. The molecule has 2 heterocycles. The lowest BCUT2D eigenvalue weighted by Gasteiger charge is -2.29. The van der Waals surface area contributed by atoms with Gasteiger partial charge in [0.1, 0.15) is 0 Å². The largest absolute Gasteiger partial charge is 0.381 e. The van der Waals surface area contributed by atoms with Crippen molar-refractivity contribution in [2.75, 3.05) is 37.7 Å². The number of piperidine rings is 1. The molecule has 20 heavy (non-hydrogen) atoms. The van der Waals surface area contributed by atoms with E-state index >= 15 is 0 Å². The van der Waals surface area contributed by atoms with Crippen LogP contribution in [0.15, 0.2) is 24.3 Å². The Bertz CT molecular complexity index is 598. The highest BCUT2D eigenvalue weighted by atomic mass is 15.1. The first-order valence-electron chi connectivity index (χ1n) is 7.17. The zero-order valence-electron chi connectivity index (χ0n) is 11.8. The molecular weight excluding hydrogens is 250 g/mol. The van der Waals surface area contributed by atoms with Gasteiger partial charge in [0.25, 0.3) is 0 Å². The molecule has 5 nitrogen and oxygen atoms in total. The van der Waals surface area contributed by atoms with Crippen molar-refractivity contribution in [3.8, 4) is 0 Å². The molecule has 1 aromatic heterocycles. The zero-order chi connectivity index (χ0) is 13.9. The zero-order valence-corrected chi connectivity index (χ0v) is 11.8. The molecule has 1 aliphatic rings. The summed E-state index contributed by atoms with van der Waals surface area (Å²) in [5.41, 5.74) is 7.70. The van der Waals surface area contributed by atoms with E-state index in [9.17, 15) is 0 Å². The molecule has 1 aromatic carbocycles. The molecular formula is C15H21N5. The number of rotatable bonds is 3. The molecule has 2 aromatic rings. The number of nitrogens with one attached hydrogen (secondary N) is 1. The summed E-state index contributed by atoms with van der Waals surface area (Å²) in [6.45, 7) is 3.24. The number of para-hydroxylation sites is 2. The summed E-state index contributed by atoms with van der Waals surface area (Å²) in [4.78, 5) is 11.3. The van der Waals surface area contributed by atoms with Crippen molar-refractivity contribution >= 4 is 22.7 Å². The second-order valence-electron chi connectivity index (χ2n) is 5.60. The number of likely N-dealkylation sites (tertiary alicyclic amines) is 1. The van der Waals surface area contributed by atoms with Crippen LogP contribution in [0.25, 0.3) is 11.0 Å². The molecule has 1 fully saturated rings. The van der Waals surface area contributed by atoms with Crippen molar-refractivity contribution in [1.82, 2.24) is 14.9 Å². The molecule has 0 aliphatic carbocycles. The van der Waals surface area contributed by atoms with E-state index < -0.39 is 0 Å². The van der Waals surface area contributed by atoms with Gasteiger partial charge < -0.3 is 16.0 Å². The van der Waals surface area contributed by atoms with E-state index in [0.29, 0.717) is 17.6 Å². The van der Waals surface area contributed by atoms with Crippen molar-refractivity contribution in [3.63, 3.8) is 0 Å². The lowest BCUT2D eigenvalue weighted by Crippen LogP contribution is -2.35. The maximum atomic E-state index is 5.98. The van der Waals surface area contributed by atoms with Gasteiger partial charge in [-0.05, 0) is 44.5 Å². The van der Waals surface area contributed by atoms with Crippen LogP contribution in [-0.2, 0) is 0 Å². The highest BCUT2D eigenvalue weighted by Crippen LogP contribution is 2.20. The lowest BCUT2D eigenvalue weighted by atomic mass is 9.98. The topological polar surface area (TPSA) is 67.1 Å². The Balaban J connectivity index is 1.72. The number of nitrogens with zero attached hydrogens (tertiary/aromatic N) is 3. The van der Waals surface area contributed by atoms with Crippen molar-refractivity contribution in [3.05, 3.63) is 24.3 Å². The smallest absolute Gasteiger partial charge is 0.169 e. The van der Waals surface area contributed by atoms with Crippen LogP contribution >= 0.6 is 0 Å². The number of nitrogen functional groups attached to an aromatic ring is 1. The molecule has 3 rings (SSSR count). The monoisotopic (exact) mass is 271 g/mol. The maximum Gasteiger partial charge on any atom is 0.169 e. The summed E-state index contributed by atoms with van der Waals surface area (Å²) < 4.78 is 0. The van der Waals surface area contributed by atoms with E-state index in [1.807, 2.05) is 24.3 Å². The molecule has 5 heteroatoms. The van der Waals surface area contributed by atoms with Crippen LogP contribution in [0.3, 0.4) is 0 Å². The Kier molecular flexibility index (Phi) is 3.69. The Hall–Kier alpha value is -1.88. The first kappa shape index (κ1) is 13.1. The Morgan fingerprint density at radius 1 is 1.30 bits per heavy atom. The summed E-state index contributed by atoms with van der Waals surface area (Å²) in [7, 11) is 2.18. The first-order chi connectivity index (χ1) is 9.72. The number of benzene rings is 1. The molecule has 1 unspecified atom stereocenters. The SMILES string of the molecule is CN1CCCC(CNc2nc3ccccc3nc2N)C1. The quantitative estimate of drug-likeness (QED) is 0.893. The minimum atomic E-state index is 0.480. The third-order valence-corrected chi connectivity index (χ3v) is 3.88. The van der Waals surface area contributed by atoms with Crippen LogP contribution in [-0.4, -0.2) is 41.5 Å². The summed E-state index contributed by atoms with van der Waals surface area (Å²) in [6.07, 6.45) is 2.53. The van der Waals surface area contributed by atoms with Gasteiger partial charge in [0.2, 0.25) is 0 Å². The maximum absolute atomic E-state index is 5.98. The fourth-order valence-corrected chi connectivity index (χ4v) is 2.82. The summed E-state index contributed by atoms with van der Waals surface area (Å²) in [5, 5.41) is 3.37.